The smallest absolute Gasteiger partial charge is 0.334 e. The van der Waals surface area contributed by atoms with E-state index in [1.165, 1.54) is 44.9 Å². The first-order valence-corrected chi connectivity index (χ1v) is 16.5. The predicted molar refractivity (Wildman–Crippen MR) is 162 cm³/mol. The van der Waals surface area contributed by atoms with Gasteiger partial charge in [-0.25, -0.2) is 4.79 Å². The molecule has 0 aromatic carbocycles. The van der Waals surface area contributed by atoms with Crippen LogP contribution in [0.2, 0.25) is 0 Å². The summed E-state index contributed by atoms with van der Waals surface area (Å²) in [6.07, 6.45) is 22.2. The van der Waals surface area contributed by atoms with Crippen LogP contribution in [0, 0.1) is 0 Å². The Labute approximate surface area is 245 Å². The molecular weight excluding hydrogens is 508 g/mol. The van der Waals surface area contributed by atoms with Gasteiger partial charge in [-0.2, -0.15) is 0 Å². The van der Waals surface area contributed by atoms with Crippen molar-refractivity contribution in [3.63, 3.8) is 0 Å². The van der Waals surface area contributed by atoms with E-state index in [1.807, 2.05) is 13.0 Å². The van der Waals surface area contributed by atoms with Crippen LogP contribution in [0.1, 0.15) is 129 Å². The molecule has 236 valence electrons. The Morgan fingerprint density at radius 3 is 1.60 bits per heavy atom. The molecule has 0 aromatic heterocycles. The van der Waals surface area contributed by atoms with E-state index >= 15 is 0 Å². The molecular formula is C33H62O7. The lowest BCUT2D eigenvalue weighted by atomic mass is 10.0. The topological polar surface area (TPSA) is 83.5 Å². The van der Waals surface area contributed by atoms with Gasteiger partial charge >= 0.3 is 5.97 Å². The second-order valence-corrected chi connectivity index (χ2v) is 11.2. The summed E-state index contributed by atoms with van der Waals surface area (Å²) in [7, 11) is 0. The first kappa shape index (κ1) is 37.0. The summed E-state index contributed by atoms with van der Waals surface area (Å²) in [4.78, 5) is 11.6. The summed E-state index contributed by atoms with van der Waals surface area (Å²) in [5, 5.41) is 10.2. The van der Waals surface area contributed by atoms with E-state index in [4.69, 9.17) is 23.7 Å². The number of rotatable bonds is 31. The lowest BCUT2D eigenvalue weighted by Gasteiger charge is -2.11. The number of hydrogen-bond donors (Lipinski definition) is 1. The van der Waals surface area contributed by atoms with Gasteiger partial charge in [0.1, 0.15) is 6.10 Å². The van der Waals surface area contributed by atoms with Gasteiger partial charge in [0.2, 0.25) is 0 Å². The highest BCUT2D eigenvalue weighted by atomic mass is 16.6. The molecule has 1 aliphatic heterocycles. The van der Waals surface area contributed by atoms with Crippen molar-refractivity contribution < 1.29 is 33.6 Å². The Hall–Kier alpha value is -0.990. The molecule has 7 nitrogen and oxygen atoms in total. The largest absolute Gasteiger partial charge is 0.455 e. The second-order valence-electron chi connectivity index (χ2n) is 11.2. The molecule has 0 radical (unpaired) electrons. The van der Waals surface area contributed by atoms with Gasteiger partial charge in [0.25, 0.3) is 0 Å². The minimum Gasteiger partial charge on any atom is -0.455 e. The second kappa shape index (κ2) is 28.1. The van der Waals surface area contributed by atoms with Gasteiger partial charge in [-0.05, 0) is 57.9 Å². The summed E-state index contributed by atoms with van der Waals surface area (Å²) in [6.45, 7) is 9.35. The third-order valence-electron chi connectivity index (χ3n) is 7.31. The van der Waals surface area contributed by atoms with Crippen LogP contribution in [0.15, 0.2) is 11.6 Å². The van der Waals surface area contributed by atoms with Gasteiger partial charge in [-0.1, -0.05) is 77.6 Å². The fourth-order valence-electron chi connectivity index (χ4n) is 4.87. The third-order valence-corrected chi connectivity index (χ3v) is 7.31. The number of ether oxygens (including phenoxy) is 5. The molecule has 1 N–H and O–H groups in total. The fraction of sp³-hybridized carbons (Fsp3) is 0.909. The van der Waals surface area contributed by atoms with E-state index in [-0.39, 0.29) is 18.2 Å². The first-order valence-electron chi connectivity index (χ1n) is 16.5. The van der Waals surface area contributed by atoms with Crippen LogP contribution in [-0.4, -0.2) is 76.1 Å². The lowest BCUT2D eigenvalue weighted by Crippen LogP contribution is -2.12. The normalized spacial score (nSPS) is 15.9. The highest BCUT2D eigenvalue weighted by molar-refractivity contribution is 5.90. The summed E-state index contributed by atoms with van der Waals surface area (Å²) in [6, 6.07) is 0. The Morgan fingerprint density at radius 1 is 0.650 bits per heavy atom. The molecule has 0 saturated carbocycles. The van der Waals surface area contributed by atoms with Crippen LogP contribution in [0.5, 0.6) is 0 Å². The van der Waals surface area contributed by atoms with E-state index in [9.17, 15) is 9.90 Å². The van der Waals surface area contributed by atoms with Crippen LogP contribution < -0.4 is 0 Å². The van der Waals surface area contributed by atoms with Crippen molar-refractivity contribution in [3.8, 4) is 0 Å². The van der Waals surface area contributed by atoms with E-state index in [0.717, 1.165) is 82.8 Å². The average molecular weight is 571 g/mol. The quantitative estimate of drug-likeness (QED) is 0.0690. The number of cyclic esters (lactones) is 1. The molecule has 0 aromatic rings. The van der Waals surface area contributed by atoms with E-state index in [0.29, 0.717) is 46.2 Å². The maximum Gasteiger partial charge on any atom is 0.334 e. The van der Waals surface area contributed by atoms with Crippen molar-refractivity contribution in [1.29, 1.82) is 0 Å². The Balaban J connectivity index is 1.69. The number of carbonyl (C=O) groups is 1. The maximum absolute atomic E-state index is 11.6. The first-order chi connectivity index (χ1) is 19.6. The van der Waals surface area contributed by atoms with Gasteiger partial charge in [0.15, 0.2) is 0 Å². The Bertz CT molecular complexity index is 595. The summed E-state index contributed by atoms with van der Waals surface area (Å²) in [5.74, 6) is -0.142. The molecule has 40 heavy (non-hydrogen) atoms. The zero-order valence-corrected chi connectivity index (χ0v) is 26.0. The maximum atomic E-state index is 11.6. The SMILES string of the molecule is CCCCCCCCCCOCCOCCOCCOCCCCC(O)CCCCCCCC1=C[C@H](C)OC1=O. The van der Waals surface area contributed by atoms with Gasteiger partial charge in [0.05, 0.1) is 45.7 Å². The number of carbonyl (C=O) groups excluding carboxylic acids is 1. The van der Waals surface area contributed by atoms with E-state index < -0.39 is 0 Å². The predicted octanol–water partition coefficient (Wildman–Crippen LogP) is 7.33. The lowest BCUT2D eigenvalue weighted by molar-refractivity contribution is -0.139. The van der Waals surface area contributed by atoms with Gasteiger partial charge < -0.3 is 28.8 Å². The number of unbranched alkanes of at least 4 members (excludes halogenated alkanes) is 12. The minimum atomic E-state index is -0.209. The van der Waals surface area contributed by atoms with Crippen molar-refractivity contribution in [2.45, 2.75) is 142 Å². The minimum absolute atomic E-state index is 0.0646. The van der Waals surface area contributed by atoms with Gasteiger partial charge in [0, 0.05) is 18.8 Å². The zero-order chi connectivity index (χ0) is 28.9. The summed E-state index contributed by atoms with van der Waals surface area (Å²) in [5.41, 5.74) is 0.838. The number of hydrogen-bond acceptors (Lipinski definition) is 7. The average Bonchev–Trinajstić information content (AvgIpc) is 3.27. The van der Waals surface area contributed by atoms with E-state index in [2.05, 4.69) is 6.92 Å². The third kappa shape index (κ3) is 23.7. The van der Waals surface area contributed by atoms with Crippen LogP contribution in [0.4, 0.5) is 0 Å². The van der Waals surface area contributed by atoms with Crippen LogP contribution in [0.3, 0.4) is 0 Å². The highest BCUT2D eigenvalue weighted by Gasteiger charge is 2.21. The molecule has 1 unspecified atom stereocenters. The van der Waals surface area contributed by atoms with Crippen molar-refractivity contribution in [1.82, 2.24) is 0 Å². The van der Waals surface area contributed by atoms with Crippen molar-refractivity contribution in [3.05, 3.63) is 11.6 Å². The summed E-state index contributed by atoms with van der Waals surface area (Å²) < 4.78 is 27.5. The van der Waals surface area contributed by atoms with Crippen LogP contribution in [-0.2, 0) is 28.5 Å². The van der Waals surface area contributed by atoms with Crippen LogP contribution in [0.25, 0.3) is 0 Å². The molecule has 0 fully saturated rings. The molecule has 2 atom stereocenters. The summed E-state index contributed by atoms with van der Waals surface area (Å²) >= 11 is 0. The number of aliphatic hydroxyl groups excluding tert-OH is 1. The molecule has 0 bridgehead atoms. The Kier molecular flexibility index (Phi) is 26.1. The molecule has 0 saturated heterocycles. The molecule has 1 heterocycles. The zero-order valence-electron chi connectivity index (χ0n) is 26.0. The molecule has 0 amide bonds. The van der Waals surface area contributed by atoms with Crippen molar-refractivity contribution >= 4 is 5.97 Å². The van der Waals surface area contributed by atoms with Gasteiger partial charge in [-0.3, -0.25) is 0 Å². The van der Waals surface area contributed by atoms with Gasteiger partial charge in [-0.15, -0.1) is 0 Å². The monoisotopic (exact) mass is 570 g/mol. The standard InChI is InChI=1S/C33H62O7/c1-3-4-5-6-7-8-12-16-21-36-23-25-38-27-28-39-26-24-37-22-17-15-20-32(34)19-14-11-9-10-13-18-31-29-30(2)40-33(31)35/h29-30,32,34H,3-28H2,1-2H3/t30-,32?/m0/s1. The highest BCUT2D eigenvalue weighted by Crippen LogP contribution is 2.20. The number of esters is 1. The fourth-order valence-corrected chi connectivity index (χ4v) is 4.87. The van der Waals surface area contributed by atoms with Crippen molar-refractivity contribution in [2.24, 2.45) is 0 Å². The van der Waals surface area contributed by atoms with E-state index in [1.54, 1.807) is 0 Å². The molecule has 0 aliphatic carbocycles. The number of aliphatic hydroxyl groups is 1. The van der Waals surface area contributed by atoms with Crippen molar-refractivity contribution in [2.75, 3.05) is 52.9 Å². The van der Waals surface area contributed by atoms with Crippen LogP contribution >= 0.6 is 0 Å². The molecule has 0 spiro atoms. The molecule has 1 aliphatic rings. The molecule has 1 rings (SSSR count). The Morgan fingerprint density at radius 2 is 1.07 bits per heavy atom. The molecule has 7 heteroatoms.